The van der Waals surface area contributed by atoms with E-state index >= 15 is 0 Å². The second-order valence-electron chi connectivity index (χ2n) is 7.83. The van der Waals surface area contributed by atoms with E-state index in [9.17, 15) is 29.1 Å². The number of nitrogens with two attached hydrogens (primary N) is 1. The van der Waals surface area contributed by atoms with Crippen molar-refractivity contribution in [3.05, 3.63) is 18.2 Å². The van der Waals surface area contributed by atoms with Crippen molar-refractivity contribution < 1.29 is 34.2 Å². The molecule has 0 fully saturated rings. The number of H-pyrrole nitrogens is 1. The van der Waals surface area contributed by atoms with Crippen LogP contribution in [0.1, 0.15) is 38.8 Å². The SMILES string of the molecule is CCC(C)C(NC(=O)C(Cc1cnc[nH]1)NC(=O)C(N)CCC(=O)O)C(=O)NC(CS)C(=O)O. The predicted octanol–water partition coefficient (Wildman–Crippen LogP) is -1.34. The number of hydrogen-bond acceptors (Lipinski definition) is 8. The number of carboxylic acids is 2. The molecule has 5 atom stereocenters. The van der Waals surface area contributed by atoms with Crippen molar-refractivity contribution in [2.24, 2.45) is 11.7 Å². The highest BCUT2D eigenvalue weighted by molar-refractivity contribution is 7.80. The molecule has 0 aliphatic heterocycles. The molecule has 0 bridgehead atoms. The summed E-state index contributed by atoms with van der Waals surface area (Å²) in [5.74, 6) is -5.02. The zero-order chi connectivity index (χ0) is 25.8. The van der Waals surface area contributed by atoms with E-state index in [0.717, 1.165) is 0 Å². The van der Waals surface area contributed by atoms with Crippen LogP contribution in [0.3, 0.4) is 0 Å². The quantitative estimate of drug-likeness (QED) is 0.133. The standard InChI is InChI=1S/C20H32N6O7S/c1-3-10(2)16(19(31)25-14(8-34)20(32)33)26-18(30)13(6-11-7-22-9-23-11)24-17(29)12(21)4-5-15(27)28/h7,9-10,12-14,16,34H,3-6,8,21H2,1-2H3,(H,22,23)(H,24,29)(H,25,31)(H,26,30)(H,27,28)(H,32,33). The topological polar surface area (TPSA) is 217 Å². The molecular formula is C20H32N6O7S. The number of carbonyl (C=O) groups is 5. The maximum absolute atomic E-state index is 13.1. The van der Waals surface area contributed by atoms with Crippen molar-refractivity contribution in [1.29, 1.82) is 0 Å². The lowest BCUT2D eigenvalue weighted by Gasteiger charge is -2.27. The molecule has 14 heteroatoms. The molecule has 0 saturated heterocycles. The monoisotopic (exact) mass is 500 g/mol. The highest BCUT2D eigenvalue weighted by Crippen LogP contribution is 2.10. The molecule has 1 aromatic heterocycles. The van der Waals surface area contributed by atoms with E-state index in [1.807, 2.05) is 0 Å². The van der Waals surface area contributed by atoms with Crippen LogP contribution in [0.25, 0.3) is 0 Å². The summed E-state index contributed by atoms with van der Waals surface area (Å²) in [6, 6.07) is -4.65. The van der Waals surface area contributed by atoms with Crippen LogP contribution in [0.5, 0.6) is 0 Å². The number of carboxylic acid groups (broad SMARTS) is 2. The number of thiol groups is 1. The molecule has 1 rings (SSSR count). The smallest absolute Gasteiger partial charge is 0.327 e. The summed E-state index contributed by atoms with van der Waals surface area (Å²) in [7, 11) is 0. The zero-order valence-electron chi connectivity index (χ0n) is 19.0. The minimum atomic E-state index is -1.27. The third-order valence-corrected chi connectivity index (χ3v) is 5.57. The van der Waals surface area contributed by atoms with Gasteiger partial charge in [-0.05, 0) is 12.3 Å². The number of nitrogens with zero attached hydrogens (tertiary/aromatic N) is 1. The van der Waals surface area contributed by atoms with Crippen molar-refractivity contribution >= 4 is 42.3 Å². The Morgan fingerprint density at radius 1 is 1.09 bits per heavy atom. The molecule has 8 N–H and O–H groups in total. The number of amides is 3. The Bertz CT molecular complexity index is 850. The van der Waals surface area contributed by atoms with E-state index in [4.69, 9.17) is 10.8 Å². The molecule has 5 unspecified atom stereocenters. The summed E-state index contributed by atoms with van der Waals surface area (Å²) in [6.45, 7) is 3.51. The number of aromatic nitrogens is 2. The Hall–Kier alpha value is -3.13. The Labute approximate surface area is 202 Å². The van der Waals surface area contributed by atoms with Crippen molar-refractivity contribution in [3.8, 4) is 0 Å². The first-order chi connectivity index (χ1) is 16.0. The highest BCUT2D eigenvalue weighted by Gasteiger charge is 2.32. The maximum atomic E-state index is 13.1. The largest absolute Gasteiger partial charge is 0.481 e. The van der Waals surface area contributed by atoms with Crippen LogP contribution in [-0.2, 0) is 30.4 Å². The Kier molecular flexibility index (Phi) is 12.1. The maximum Gasteiger partial charge on any atom is 0.327 e. The lowest BCUT2D eigenvalue weighted by Crippen LogP contribution is -2.59. The van der Waals surface area contributed by atoms with Crippen molar-refractivity contribution in [2.75, 3.05) is 5.75 Å². The summed E-state index contributed by atoms with van der Waals surface area (Å²) in [5.41, 5.74) is 6.27. The fraction of sp³-hybridized carbons (Fsp3) is 0.600. The first kappa shape index (κ1) is 28.9. The minimum absolute atomic E-state index is 0.00748. The molecular weight excluding hydrogens is 468 g/mol. The molecule has 0 aliphatic rings. The van der Waals surface area contributed by atoms with Gasteiger partial charge in [-0.3, -0.25) is 19.2 Å². The molecule has 34 heavy (non-hydrogen) atoms. The zero-order valence-corrected chi connectivity index (χ0v) is 19.9. The predicted molar refractivity (Wildman–Crippen MR) is 124 cm³/mol. The fourth-order valence-electron chi connectivity index (χ4n) is 2.92. The number of aromatic amines is 1. The van der Waals surface area contributed by atoms with Gasteiger partial charge in [0.25, 0.3) is 0 Å². The Morgan fingerprint density at radius 3 is 2.24 bits per heavy atom. The summed E-state index contributed by atoms with van der Waals surface area (Å²) in [5, 5.41) is 25.4. The lowest BCUT2D eigenvalue weighted by molar-refractivity contribution is -0.142. The van der Waals surface area contributed by atoms with Gasteiger partial charge in [-0.15, -0.1) is 0 Å². The van der Waals surface area contributed by atoms with Crippen LogP contribution >= 0.6 is 12.6 Å². The van der Waals surface area contributed by atoms with Gasteiger partial charge in [-0.2, -0.15) is 12.6 Å². The van der Waals surface area contributed by atoms with Crippen LogP contribution < -0.4 is 21.7 Å². The molecule has 0 aliphatic carbocycles. The molecule has 0 radical (unpaired) electrons. The number of nitrogens with one attached hydrogen (secondary N) is 4. The van der Waals surface area contributed by atoms with Crippen LogP contribution in [0.15, 0.2) is 12.5 Å². The van der Waals surface area contributed by atoms with E-state index in [-0.39, 0.29) is 30.9 Å². The normalized spacial score (nSPS) is 15.3. The number of carbonyl (C=O) groups excluding carboxylic acids is 3. The Balaban J connectivity index is 3.03. The lowest BCUT2D eigenvalue weighted by atomic mass is 9.97. The first-order valence-electron chi connectivity index (χ1n) is 10.7. The van der Waals surface area contributed by atoms with Crippen molar-refractivity contribution in [2.45, 2.75) is 63.7 Å². The summed E-state index contributed by atoms with van der Waals surface area (Å²) >= 11 is 3.92. The van der Waals surface area contributed by atoms with Crippen LogP contribution in [0.4, 0.5) is 0 Å². The molecule has 0 aromatic carbocycles. The molecule has 3 amide bonds. The summed E-state index contributed by atoms with van der Waals surface area (Å²) < 4.78 is 0. The highest BCUT2D eigenvalue weighted by atomic mass is 32.1. The average Bonchev–Trinajstić information content (AvgIpc) is 3.30. The van der Waals surface area contributed by atoms with Crippen LogP contribution in [0, 0.1) is 5.92 Å². The molecule has 13 nitrogen and oxygen atoms in total. The first-order valence-corrected chi connectivity index (χ1v) is 11.3. The number of rotatable bonds is 15. The molecule has 1 aromatic rings. The number of hydrogen-bond donors (Lipinski definition) is 8. The number of imidazole rings is 1. The van der Waals surface area contributed by atoms with Gasteiger partial charge in [0, 0.05) is 30.5 Å². The van der Waals surface area contributed by atoms with Gasteiger partial charge in [0.15, 0.2) is 0 Å². The minimum Gasteiger partial charge on any atom is -0.481 e. The average molecular weight is 501 g/mol. The Morgan fingerprint density at radius 2 is 1.74 bits per heavy atom. The second-order valence-corrected chi connectivity index (χ2v) is 8.20. The van der Waals surface area contributed by atoms with Crippen LogP contribution in [0.2, 0.25) is 0 Å². The van der Waals surface area contributed by atoms with E-state index in [2.05, 4.69) is 38.5 Å². The van der Waals surface area contributed by atoms with Crippen molar-refractivity contribution in [1.82, 2.24) is 25.9 Å². The molecule has 190 valence electrons. The molecule has 1 heterocycles. The van der Waals surface area contributed by atoms with E-state index in [1.54, 1.807) is 13.8 Å². The van der Waals surface area contributed by atoms with Gasteiger partial charge in [0.1, 0.15) is 18.1 Å². The van der Waals surface area contributed by atoms with Gasteiger partial charge < -0.3 is 36.9 Å². The number of aliphatic carboxylic acids is 2. The van der Waals surface area contributed by atoms with Gasteiger partial charge in [0.2, 0.25) is 17.7 Å². The van der Waals surface area contributed by atoms with Gasteiger partial charge in [-0.25, -0.2) is 9.78 Å². The molecule has 0 saturated carbocycles. The van der Waals surface area contributed by atoms with E-state index in [0.29, 0.717) is 12.1 Å². The fourth-order valence-corrected chi connectivity index (χ4v) is 3.16. The van der Waals surface area contributed by atoms with Gasteiger partial charge in [-0.1, -0.05) is 20.3 Å². The van der Waals surface area contributed by atoms with Crippen LogP contribution in [-0.4, -0.2) is 79.8 Å². The van der Waals surface area contributed by atoms with Gasteiger partial charge >= 0.3 is 11.9 Å². The van der Waals surface area contributed by atoms with E-state index in [1.165, 1.54) is 12.5 Å². The second kappa shape index (κ2) is 14.2. The third-order valence-electron chi connectivity index (χ3n) is 5.21. The van der Waals surface area contributed by atoms with E-state index < -0.39 is 53.8 Å². The molecule has 0 spiro atoms. The summed E-state index contributed by atoms with van der Waals surface area (Å²) in [6.07, 6.45) is 2.89. The van der Waals surface area contributed by atoms with Gasteiger partial charge in [0.05, 0.1) is 12.4 Å². The third kappa shape index (κ3) is 9.39. The van der Waals surface area contributed by atoms with Crippen molar-refractivity contribution in [3.63, 3.8) is 0 Å². The summed E-state index contributed by atoms with van der Waals surface area (Å²) in [4.78, 5) is 67.1.